The lowest BCUT2D eigenvalue weighted by molar-refractivity contribution is -0.0486. The number of Topliss-reactive ketones (excluding diaryl/α,β-unsaturated/α-hetero) is 1. The molecule has 33 heavy (non-hydrogen) atoms. The van der Waals surface area contributed by atoms with Crippen molar-refractivity contribution in [3.63, 3.8) is 0 Å². The van der Waals surface area contributed by atoms with E-state index in [9.17, 15) is 9.59 Å². The van der Waals surface area contributed by atoms with Crippen LogP contribution < -0.4 is 0 Å². The molecule has 0 aliphatic carbocycles. The Kier molecular flexibility index (Phi) is 7.88. The molecule has 1 heterocycles. The van der Waals surface area contributed by atoms with Crippen LogP contribution in [0.3, 0.4) is 0 Å². The summed E-state index contributed by atoms with van der Waals surface area (Å²) in [5.74, 6) is -0.00308. The monoisotopic (exact) mass is 443 g/mol. The van der Waals surface area contributed by atoms with Gasteiger partial charge < -0.3 is 14.4 Å². The molecule has 0 N–H and O–H groups in total. The van der Waals surface area contributed by atoms with Crippen LogP contribution in [0.2, 0.25) is 0 Å². The van der Waals surface area contributed by atoms with Gasteiger partial charge in [-0.05, 0) is 24.0 Å². The van der Waals surface area contributed by atoms with Crippen molar-refractivity contribution in [3.8, 4) is 0 Å². The second-order valence-electron chi connectivity index (χ2n) is 8.27. The number of piperidine rings is 1. The number of hydrogen-bond acceptors (Lipinski definition) is 4. The molecule has 0 bridgehead atoms. The largest absolute Gasteiger partial charge is 0.445 e. The predicted octanol–water partition coefficient (Wildman–Crippen LogP) is 5.65. The van der Waals surface area contributed by atoms with Crippen molar-refractivity contribution in [3.05, 3.63) is 108 Å². The van der Waals surface area contributed by atoms with Gasteiger partial charge in [-0.1, -0.05) is 91.0 Å². The smallest absolute Gasteiger partial charge is 0.410 e. The highest BCUT2D eigenvalue weighted by atomic mass is 16.6. The average Bonchev–Trinajstić information content (AvgIpc) is 2.88. The molecule has 0 unspecified atom stereocenters. The quantitative estimate of drug-likeness (QED) is 0.423. The molecule has 1 aliphatic rings. The summed E-state index contributed by atoms with van der Waals surface area (Å²) in [7, 11) is 0. The van der Waals surface area contributed by atoms with Crippen molar-refractivity contribution < 1.29 is 19.1 Å². The molecule has 3 aromatic rings. The number of likely N-dealkylation sites (tertiary alicyclic amines) is 1. The zero-order valence-corrected chi connectivity index (χ0v) is 18.6. The number of ether oxygens (including phenoxy) is 2. The summed E-state index contributed by atoms with van der Waals surface area (Å²) in [4.78, 5) is 27.8. The number of rotatable bonds is 8. The average molecular weight is 444 g/mol. The summed E-state index contributed by atoms with van der Waals surface area (Å²) in [5, 5.41) is 0. The van der Waals surface area contributed by atoms with E-state index >= 15 is 0 Å². The maximum absolute atomic E-state index is 13.1. The molecule has 3 aromatic carbocycles. The van der Waals surface area contributed by atoms with Crippen LogP contribution in [-0.4, -0.2) is 35.5 Å². The molecule has 0 saturated carbocycles. The molecule has 1 fully saturated rings. The van der Waals surface area contributed by atoms with E-state index in [0.717, 1.165) is 24.0 Å². The zero-order valence-electron chi connectivity index (χ0n) is 18.6. The summed E-state index contributed by atoms with van der Waals surface area (Å²) in [6, 6.07) is 28.4. The van der Waals surface area contributed by atoms with Gasteiger partial charge in [-0.3, -0.25) is 4.79 Å². The number of carbonyl (C=O) groups is 2. The molecule has 2 atom stereocenters. The molecule has 0 aromatic heterocycles. The molecule has 1 amide bonds. The van der Waals surface area contributed by atoms with Crippen LogP contribution in [-0.2, 0) is 22.7 Å². The molecular formula is C28H29NO4. The minimum absolute atomic E-state index is 0.00308. The summed E-state index contributed by atoms with van der Waals surface area (Å²) < 4.78 is 11.9. The van der Waals surface area contributed by atoms with Crippen molar-refractivity contribution in [1.29, 1.82) is 0 Å². The Bertz CT molecular complexity index is 1020. The van der Waals surface area contributed by atoms with E-state index in [2.05, 4.69) is 0 Å². The molecule has 5 heteroatoms. The van der Waals surface area contributed by atoms with Crippen LogP contribution >= 0.6 is 0 Å². The van der Waals surface area contributed by atoms with Crippen molar-refractivity contribution >= 4 is 11.9 Å². The summed E-state index contributed by atoms with van der Waals surface area (Å²) in [5.41, 5.74) is 2.63. The van der Waals surface area contributed by atoms with Gasteiger partial charge in [-0.25, -0.2) is 4.79 Å². The van der Waals surface area contributed by atoms with Gasteiger partial charge in [-0.15, -0.1) is 0 Å². The van der Waals surface area contributed by atoms with Crippen molar-refractivity contribution in [2.45, 2.75) is 44.6 Å². The maximum Gasteiger partial charge on any atom is 0.410 e. The minimum Gasteiger partial charge on any atom is -0.445 e. The third kappa shape index (κ3) is 6.30. The Balaban J connectivity index is 1.48. The number of benzene rings is 3. The van der Waals surface area contributed by atoms with Crippen molar-refractivity contribution in [2.24, 2.45) is 0 Å². The van der Waals surface area contributed by atoms with E-state index < -0.39 is 6.09 Å². The van der Waals surface area contributed by atoms with E-state index in [1.54, 1.807) is 4.90 Å². The van der Waals surface area contributed by atoms with Gasteiger partial charge in [0.2, 0.25) is 0 Å². The lowest BCUT2D eigenvalue weighted by Crippen LogP contribution is -2.52. The fraction of sp³-hybridized carbons (Fsp3) is 0.286. The first-order chi connectivity index (χ1) is 16.2. The maximum atomic E-state index is 13.1. The van der Waals surface area contributed by atoms with Crippen LogP contribution in [0.25, 0.3) is 0 Å². The fourth-order valence-electron chi connectivity index (χ4n) is 4.20. The van der Waals surface area contributed by atoms with Gasteiger partial charge in [0, 0.05) is 18.5 Å². The lowest BCUT2D eigenvalue weighted by Gasteiger charge is -2.40. The number of nitrogens with zero attached hydrogens (tertiary/aromatic N) is 1. The van der Waals surface area contributed by atoms with E-state index in [-0.39, 0.29) is 31.0 Å². The topological polar surface area (TPSA) is 55.8 Å². The Labute approximate surface area is 194 Å². The minimum atomic E-state index is -0.405. The van der Waals surface area contributed by atoms with Crippen LogP contribution in [0, 0.1) is 0 Å². The molecular weight excluding hydrogens is 414 g/mol. The van der Waals surface area contributed by atoms with E-state index in [4.69, 9.17) is 9.47 Å². The molecule has 170 valence electrons. The van der Waals surface area contributed by atoms with Crippen LogP contribution in [0.15, 0.2) is 91.0 Å². The van der Waals surface area contributed by atoms with Gasteiger partial charge in [0.1, 0.15) is 6.61 Å². The molecule has 1 aliphatic heterocycles. The fourth-order valence-corrected chi connectivity index (χ4v) is 4.20. The third-order valence-corrected chi connectivity index (χ3v) is 5.95. The summed E-state index contributed by atoms with van der Waals surface area (Å²) in [6.07, 6.45) is 1.15. The lowest BCUT2D eigenvalue weighted by atomic mass is 9.92. The number of amides is 1. The van der Waals surface area contributed by atoms with Gasteiger partial charge in [-0.2, -0.15) is 0 Å². The number of ketones is 1. The first-order valence-corrected chi connectivity index (χ1v) is 11.4. The zero-order chi connectivity index (χ0) is 22.9. The Morgan fingerprint density at radius 2 is 1.36 bits per heavy atom. The van der Waals surface area contributed by atoms with Crippen molar-refractivity contribution in [2.75, 3.05) is 6.54 Å². The van der Waals surface area contributed by atoms with Gasteiger partial charge in [0.25, 0.3) is 0 Å². The van der Waals surface area contributed by atoms with Gasteiger partial charge in [0.15, 0.2) is 5.78 Å². The van der Waals surface area contributed by atoms with E-state index in [1.807, 2.05) is 91.0 Å². The third-order valence-electron chi connectivity index (χ3n) is 5.95. The Morgan fingerprint density at radius 1 is 0.788 bits per heavy atom. The van der Waals surface area contributed by atoms with Crippen LogP contribution in [0.4, 0.5) is 4.79 Å². The number of hydrogen-bond donors (Lipinski definition) is 0. The SMILES string of the molecule is O=C(C[C@@H]1[C@H](OCc2ccccc2)CCCN1C(=O)OCc1ccccc1)c1ccccc1. The second kappa shape index (κ2) is 11.4. The van der Waals surface area contributed by atoms with Crippen molar-refractivity contribution in [1.82, 2.24) is 4.90 Å². The standard InChI is InChI=1S/C28H29NO4/c30-26(24-15-8-3-9-16-24)19-25-27(32-20-22-11-4-1-5-12-22)17-10-18-29(25)28(31)33-21-23-13-6-2-7-14-23/h1-9,11-16,25,27H,10,17-21H2/t25-,27-/m1/s1. The highest BCUT2D eigenvalue weighted by Gasteiger charge is 2.37. The molecule has 4 rings (SSSR count). The van der Waals surface area contributed by atoms with Crippen LogP contribution in [0.1, 0.15) is 40.7 Å². The molecule has 0 radical (unpaired) electrons. The molecule has 5 nitrogen and oxygen atoms in total. The van der Waals surface area contributed by atoms with E-state index in [0.29, 0.717) is 18.7 Å². The van der Waals surface area contributed by atoms with Gasteiger partial charge >= 0.3 is 6.09 Å². The Morgan fingerprint density at radius 3 is 2.00 bits per heavy atom. The first-order valence-electron chi connectivity index (χ1n) is 11.4. The molecule has 0 spiro atoms. The normalized spacial score (nSPS) is 18.0. The van der Waals surface area contributed by atoms with Gasteiger partial charge in [0.05, 0.1) is 18.8 Å². The second-order valence-corrected chi connectivity index (χ2v) is 8.27. The summed E-state index contributed by atoms with van der Waals surface area (Å²) >= 11 is 0. The molecule has 1 saturated heterocycles. The highest BCUT2D eigenvalue weighted by Crippen LogP contribution is 2.26. The number of carbonyl (C=O) groups excluding carboxylic acids is 2. The van der Waals surface area contributed by atoms with E-state index in [1.165, 1.54) is 0 Å². The summed E-state index contributed by atoms with van der Waals surface area (Å²) in [6.45, 7) is 1.19. The predicted molar refractivity (Wildman–Crippen MR) is 127 cm³/mol. The Hall–Kier alpha value is -3.44. The van der Waals surface area contributed by atoms with Crippen LogP contribution in [0.5, 0.6) is 0 Å². The first kappa shape index (κ1) is 22.7. The highest BCUT2D eigenvalue weighted by molar-refractivity contribution is 5.96.